The molecule has 1 aromatic heterocycles. The van der Waals surface area contributed by atoms with Crippen LogP contribution in [0.4, 0.5) is 0 Å². The number of carbonyl (C=O) groups is 1. The maximum atomic E-state index is 11.8. The van der Waals surface area contributed by atoms with Gasteiger partial charge < -0.3 is 15.2 Å². The van der Waals surface area contributed by atoms with Crippen LogP contribution in [0.5, 0.6) is 0 Å². The average Bonchev–Trinajstić information content (AvgIpc) is 2.41. The van der Waals surface area contributed by atoms with Crippen molar-refractivity contribution in [1.29, 1.82) is 0 Å². The van der Waals surface area contributed by atoms with E-state index in [-0.39, 0.29) is 11.5 Å². The molecule has 0 aromatic carbocycles. The number of likely N-dealkylation sites (tertiary alicyclic amines) is 1. The highest BCUT2D eigenvalue weighted by Gasteiger charge is 2.16. The van der Waals surface area contributed by atoms with Gasteiger partial charge >= 0.3 is 0 Å². The number of carbonyl (C=O) groups excluding carboxylic acids is 1. The Morgan fingerprint density at radius 1 is 1.42 bits per heavy atom. The first-order valence-corrected chi connectivity index (χ1v) is 6.80. The van der Waals surface area contributed by atoms with Crippen LogP contribution in [0.1, 0.15) is 29.6 Å². The number of hydrogen-bond acceptors (Lipinski definition) is 3. The lowest BCUT2D eigenvalue weighted by Gasteiger charge is -2.28. The Bertz CT molecular complexity index is 455. The van der Waals surface area contributed by atoms with Gasteiger partial charge in [0.1, 0.15) is 0 Å². The quantitative estimate of drug-likeness (QED) is 0.846. The monoisotopic (exact) mass is 263 g/mol. The Morgan fingerprint density at radius 2 is 2.16 bits per heavy atom. The van der Waals surface area contributed by atoms with E-state index in [2.05, 4.69) is 22.2 Å². The topological polar surface area (TPSA) is 65.2 Å². The fourth-order valence-corrected chi connectivity index (χ4v) is 2.39. The van der Waals surface area contributed by atoms with Gasteiger partial charge in [0.05, 0.1) is 5.56 Å². The van der Waals surface area contributed by atoms with Crippen molar-refractivity contribution in [2.45, 2.75) is 19.3 Å². The highest BCUT2D eigenvalue weighted by atomic mass is 16.1. The number of aromatic amines is 1. The first-order valence-electron chi connectivity index (χ1n) is 6.80. The Hall–Kier alpha value is -1.62. The fourth-order valence-electron chi connectivity index (χ4n) is 2.39. The van der Waals surface area contributed by atoms with Crippen LogP contribution in [0.15, 0.2) is 23.1 Å². The molecular weight excluding hydrogens is 242 g/mol. The minimum Gasteiger partial charge on any atom is -0.352 e. The summed E-state index contributed by atoms with van der Waals surface area (Å²) < 4.78 is 0. The molecule has 0 unspecified atom stereocenters. The molecule has 1 aromatic rings. The molecule has 5 heteroatoms. The van der Waals surface area contributed by atoms with Crippen LogP contribution in [-0.4, -0.2) is 42.5 Å². The molecule has 2 N–H and O–H groups in total. The number of hydrogen-bond donors (Lipinski definition) is 2. The van der Waals surface area contributed by atoms with Gasteiger partial charge in [0.15, 0.2) is 0 Å². The molecule has 1 amide bonds. The first kappa shape index (κ1) is 13.8. The molecule has 104 valence electrons. The van der Waals surface area contributed by atoms with Gasteiger partial charge in [-0.2, -0.15) is 0 Å². The zero-order chi connectivity index (χ0) is 13.7. The van der Waals surface area contributed by atoms with Crippen molar-refractivity contribution in [3.8, 4) is 0 Å². The number of piperidine rings is 1. The average molecular weight is 263 g/mol. The van der Waals surface area contributed by atoms with Crippen LogP contribution < -0.4 is 10.9 Å². The fraction of sp³-hybridized carbons (Fsp3) is 0.571. The molecule has 0 radical (unpaired) electrons. The maximum Gasteiger partial charge on any atom is 0.252 e. The van der Waals surface area contributed by atoms with Gasteiger partial charge in [-0.1, -0.05) is 0 Å². The second-order valence-electron chi connectivity index (χ2n) is 5.23. The van der Waals surface area contributed by atoms with Crippen LogP contribution >= 0.6 is 0 Å². The Labute approximate surface area is 113 Å². The minimum atomic E-state index is -0.192. The number of rotatable bonds is 4. The Kier molecular flexibility index (Phi) is 4.74. The van der Waals surface area contributed by atoms with Crippen molar-refractivity contribution in [3.05, 3.63) is 34.2 Å². The Morgan fingerprint density at radius 3 is 2.79 bits per heavy atom. The predicted molar refractivity (Wildman–Crippen MR) is 74.2 cm³/mol. The van der Waals surface area contributed by atoms with Gasteiger partial charge in [-0.25, -0.2) is 0 Å². The minimum absolute atomic E-state index is 0.121. The molecule has 0 atom stereocenters. The third-order valence-corrected chi connectivity index (χ3v) is 3.72. The molecule has 5 nitrogen and oxygen atoms in total. The summed E-state index contributed by atoms with van der Waals surface area (Å²) in [5.41, 5.74) is 0.311. The smallest absolute Gasteiger partial charge is 0.252 e. The number of aromatic nitrogens is 1. The summed E-state index contributed by atoms with van der Waals surface area (Å²) in [7, 11) is 2.15. The normalized spacial score (nSPS) is 17.3. The SMILES string of the molecule is CN1CCC(CCNC(=O)c2ccc(=O)[nH]c2)CC1. The van der Waals surface area contributed by atoms with E-state index in [0.29, 0.717) is 18.0 Å². The van der Waals surface area contributed by atoms with Gasteiger partial charge in [-0.3, -0.25) is 9.59 Å². The molecule has 1 aliphatic heterocycles. The van der Waals surface area contributed by atoms with Crippen molar-refractivity contribution < 1.29 is 4.79 Å². The summed E-state index contributed by atoms with van der Waals surface area (Å²) in [5, 5.41) is 2.90. The largest absolute Gasteiger partial charge is 0.352 e. The number of amides is 1. The highest BCUT2D eigenvalue weighted by molar-refractivity contribution is 5.93. The van der Waals surface area contributed by atoms with Crippen molar-refractivity contribution in [3.63, 3.8) is 0 Å². The van der Waals surface area contributed by atoms with Crippen molar-refractivity contribution in [1.82, 2.24) is 15.2 Å². The van der Waals surface area contributed by atoms with Crippen LogP contribution in [0.25, 0.3) is 0 Å². The molecule has 0 aliphatic carbocycles. The van der Waals surface area contributed by atoms with Gasteiger partial charge in [0, 0.05) is 18.8 Å². The van der Waals surface area contributed by atoms with Crippen LogP contribution in [0, 0.1) is 5.92 Å². The number of pyridine rings is 1. The highest BCUT2D eigenvalue weighted by Crippen LogP contribution is 2.18. The number of nitrogens with one attached hydrogen (secondary N) is 2. The van der Waals surface area contributed by atoms with Crippen LogP contribution in [-0.2, 0) is 0 Å². The summed E-state index contributed by atoms with van der Waals surface area (Å²) in [4.78, 5) is 27.6. The third-order valence-electron chi connectivity index (χ3n) is 3.72. The molecule has 19 heavy (non-hydrogen) atoms. The summed E-state index contributed by atoms with van der Waals surface area (Å²) in [6, 6.07) is 2.91. The van der Waals surface area contributed by atoms with Gasteiger partial charge in [0.2, 0.25) is 5.56 Å². The molecule has 1 aliphatic rings. The first-order chi connectivity index (χ1) is 9.15. The summed E-state index contributed by atoms with van der Waals surface area (Å²) in [6.45, 7) is 3.00. The lowest BCUT2D eigenvalue weighted by atomic mass is 9.94. The van der Waals surface area contributed by atoms with Gasteiger partial charge in [-0.15, -0.1) is 0 Å². The van der Waals surface area contributed by atoms with Gasteiger partial charge in [-0.05, 0) is 51.4 Å². The maximum absolute atomic E-state index is 11.8. The summed E-state index contributed by atoms with van der Waals surface area (Å²) in [6.07, 6.45) is 4.91. The van der Waals surface area contributed by atoms with Crippen LogP contribution in [0.2, 0.25) is 0 Å². The molecule has 2 heterocycles. The van der Waals surface area contributed by atoms with E-state index in [1.165, 1.54) is 25.1 Å². The van der Waals surface area contributed by atoms with E-state index in [1.807, 2.05) is 0 Å². The lowest BCUT2D eigenvalue weighted by Crippen LogP contribution is -2.32. The zero-order valence-corrected chi connectivity index (χ0v) is 11.3. The van der Waals surface area contributed by atoms with E-state index in [4.69, 9.17) is 0 Å². The second-order valence-corrected chi connectivity index (χ2v) is 5.23. The van der Waals surface area contributed by atoms with E-state index >= 15 is 0 Å². The molecular formula is C14H21N3O2. The number of nitrogens with zero attached hydrogens (tertiary/aromatic N) is 1. The Balaban J connectivity index is 1.72. The third kappa shape index (κ3) is 4.21. The molecule has 0 spiro atoms. The van der Waals surface area contributed by atoms with E-state index in [0.717, 1.165) is 19.5 Å². The predicted octanol–water partition coefficient (Wildman–Crippen LogP) is 0.837. The molecule has 1 fully saturated rings. The molecule has 0 saturated carbocycles. The lowest BCUT2D eigenvalue weighted by molar-refractivity contribution is 0.0948. The molecule has 0 bridgehead atoms. The molecule has 1 saturated heterocycles. The molecule has 2 rings (SSSR count). The number of H-pyrrole nitrogens is 1. The zero-order valence-electron chi connectivity index (χ0n) is 11.3. The van der Waals surface area contributed by atoms with E-state index < -0.39 is 0 Å². The summed E-state index contributed by atoms with van der Waals surface area (Å²) in [5.74, 6) is 0.594. The summed E-state index contributed by atoms with van der Waals surface area (Å²) >= 11 is 0. The van der Waals surface area contributed by atoms with Crippen molar-refractivity contribution in [2.24, 2.45) is 5.92 Å². The van der Waals surface area contributed by atoms with Crippen LogP contribution in [0.3, 0.4) is 0 Å². The second kappa shape index (κ2) is 6.52. The standard InChI is InChI=1S/C14H21N3O2/c1-17-8-5-11(6-9-17)4-7-15-14(19)12-2-3-13(18)16-10-12/h2-3,10-11H,4-9H2,1H3,(H,15,19)(H,16,18). The van der Waals surface area contributed by atoms with Crippen molar-refractivity contribution >= 4 is 5.91 Å². The van der Waals surface area contributed by atoms with E-state index in [9.17, 15) is 9.59 Å². The van der Waals surface area contributed by atoms with Crippen molar-refractivity contribution in [2.75, 3.05) is 26.7 Å². The van der Waals surface area contributed by atoms with Gasteiger partial charge in [0.25, 0.3) is 5.91 Å². The van der Waals surface area contributed by atoms with E-state index in [1.54, 1.807) is 6.07 Å².